The molecular formula is C25H23FN4O. The summed E-state index contributed by atoms with van der Waals surface area (Å²) in [4.78, 5) is 28.7. The van der Waals surface area contributed by atoms with E-state index in [1.165, 1.54) is 0 Å². The van der Waals surface area contributed by atoms with Crippen LogP contribution >= 0.6 is 0 Å². The number of nitrogens with zero attached hydrogens (tertiary/aromatic N) is 4. The maximum atomic E-state index is 13.8. The number of halogens is 1. The van der Waals surface area contributed by atoms with E-state index in [9.17, 15) is 9.18 Å². The summed E-state index contributed by atoms with van der Waals surface area (Å²) >= 11 is 0. The van der Waals surface area contributed by atoms with Crippen molar-refractivity contribution < 1.29 is 9.18 Å². The van der Waals surface area contributed by atoms with Gasteiger partial charge in [0.2, 0.25) is 0 Å². The van der Waals surface area contributed by atoms with Gasteiger partial charge in [-0.25, -0.2) is 9.37 Å². The minimum absolute atomic E-state index is 0.109. The largest absolute Gasteiger partial charge is 0.337 e. The van der Waals surface area contributed by atoms with Gasteiger partial charge in [0.05, 0.1) is 5.71 Å². The van der Waals surface area contributed by atoms with Crippen molar-refractivity contribution in [1.82, 2.24) is 14.9 Å². The monoisotopic (exact) mass is 414 g/mol. The Bertz CT molecular complexity index is 1130. The lowest BCUT2D eigenvalue weighted by molar-refractivity contribution is 0.0744. The van der Waals surface area contributed by atoms with E-state index in [0.29, 0.717) is 43.2 Å². The Morgan fingerprint density at radius 3 is 2.74 bits per heavy atom. The van der Waals surface area contributed by atoms with Crippen molar-refractivity contribution in [2.24, 2.45) is 10.9 Å². The summed E-state index contributed by atoms with van der Waals surface area (Å²) in [5, 5.41) is 0. The fraction of sp³-hybridized carbons (Fsp3) is 0.280. The van der Waals surface area contributed by atoms with E-state index in [2.05, 4.69) is 15.0 Å². The highest BCUT2D eigenvalue weighted by atomic mass is 19.1. The molecule has 1 aromatic carbocycles. The Morgan fingerprint density at radius 1 is 1.13 bits per heavy atom. The molecule has 0 saturated heterocycles. The number of hydrogen-bond donors (Lipinski definition) is 0. The number of rotatable bonds is 7. The predicted molar refractivity (Wildman–Crippen MR) is 118 cm³/mol. The van der Waals surface area contributed by atoms with Gasteiger partial charge in [0.15, 0.2) is 5.69 Å². The molecule has 1 saturated carbocycles. The lowest BCUT2D eigenvalue weighted by atomic mass is 9.95. The average Bonchev–Trinajstić information content (AvgIpc) is 3.55. The molecule has 5 nitrogen and oxygen atoms in total. The van der Waals surface area contributed by atoms with Crippen LogP contribution in [-0.2, 0) is 0 Å². The van der Waals surface area contributed by atoms with Crippen LogP contribution < -0.4 is 0 Å². The van der Waals surface area contributed by atoms with E-state index >= 15 is 0 Å². The van der Waals surface area contributed by atoms with Gasteiger partial charge in [0.1, 0.15) is 11.5 Å². The molecule has 5 rings (SSSR count). The van der Waals surface area contributed by atoms with E-state index in [-0.39, 0.29) is 11.7 Å². The van der Waals surface area contributed by atoms with Crippen molar-refractivity contribution in [3.63, 3.8) is 0 Å². The number of carbonyl (C=O) groups excluding carboxylic acids is 1. The molecule has 0 spiro atoms. The molecule has 31 heavy (non-hydrogen) atoms. The Labute approximate surface area is 180 Å². The Morgan fingerprint density at radius 2 is 1.94 bits per heavy atom. The van der Waals surface area contributed by atoms with Crippen molar-refractivity contribution >= 4 is 11.6 Å². The van der Waals surface area contributed by atoms with Gasteiger partial charge in [-0.2, -0.15) is 0 Å². The number of aliphatic imine (C=N–C) groups is 1. The van der Waals surface area contributed by atoms with Gasteiger partial charge in [0, 0.05) is 49.2 Å². The number of benzene rings is 1. The second-order valence-electron chi connectivity index (χ2n) is 8.15. The van der Waals surface area contributed by atoms with Crippen LogP contribution in [0.1, 0.15) is 36.2 Å². The van der Waals surface area contributed by atoms with Crippen LogP contribution in [0.2, 0.25) is 0 Å². The molecule has 2 aliphatic carbocycles. The summed E-state index contributed by atoms with van der Waals surface area (Å²) in [6.07, 6.45) is 11.5. The maximum absolute atomic E-state index is 13.8. The highest BCUT2D eigenvalue weighted by molar-refractivity contribution is 6.08. The molecular weight excluding hydrogens is 391 g/mol. The molecule has 156 valence electrons. The summed E-state index contributed by atoms with van der Waals surface area (Å²) in [7, 11) is 0. The van der Waals surface area contributed by atoms with Crippen molar-refractivity contribution in [1.29, 1.82) is 0 Å². The molecule has 1 amide bonds. The zero-order valence-electron chi connectivity index (χ0n) is 17.2. The third-order valence-corrected chi connectivity index (χ3v) is 5.87. The number of carbonyl (C=O) groups is 1. The quantitative estimate of drug-likeness (QED) is 0.647. The molecule has 1 aliphatic heterocycles. The lowest BCUT2D eigenvalue weighted by Gasteiger charge is -2.24. The Kier molecular flexibility index (Phi) is 5.28. The smallest absolute Gasteiger partial charge is 0.274 e. The lowest BCUT2D eigenvalue weighted by Crippen LogP contribution is -2.35. The number of hydrogen-bond acceptors (Lipinski definition) is 4. The zero-order chi connectivity index (χ0) is 21.2. The number of aromatic nitrogens is 2. The van der Waals surface area contributed by atoms with E-state index in [1.807, 2.05) is 41.4 Å². The molecule has 3 aliphatic rings. The summed E-state index contributed by atoms with van der Waals surface area (Å²) in [5.74, 6) is 0.210. The van der Waals surface area contributed by atoms with Gasteiger partial charge in [-0.3, -0.25) is 14.8 Å². The highest BCUT2D eigenvalue weighted by Gasteiger charge is 2.30. The highest BCUT2D eigenvalue weighted by Crippen LogP contribution is 2.33. The van der Waals surface area contributed by atoms with E-state index in [1.54, 1.807) is 24.5 Å². The van der Waals surface area contributed by atoms with Crippen molar-refractivity contribution in [3.8, 4) is 11.3 Å². The third-order valence-electron chi connectivity index (χ3n) is 5.87. The first-order valence-electron chi connectivity index (χ1n) is 10.7. The van der Waals surface area contributed by atoms with Gasteiger partial charge in [-0.1, -0.05) is 30.3 Å². The van der Waals surface area contributed by atoms with Crippen LogP contribution in [0, 0.1) is 5.92 Å². The minimum atomic E-state index is -0.222. The van der Waals surface area contributed by atoms with Crippen LogP contribution in [0.5, 0.6) is 0 Å². The Hall–Kier alpha value is -3.41. The SMILES string of the molecule is O=C(c1nccnc1-c1ccccc1)N(CCC1=CN=C2CC=C(F)C=C12)CC1CC1. The van der Waals surface area contributed by atoms with E-state index < -0.39 is 0 Å². The maximum Gasteiger partial charge on any atom is 0.274 e. The molecule has 0 bridgehead atoms. The van der Waals surface area contributed by atoms with Crippen LogP contribution in [0.3, 0.4) is 0 Å². The summed E-state index contributed by atoms with van der Waals surface area (Å²) in [6, 6.07) is 9.66. The van der Waals surface area contributed by atoms with Crippen molar-refractivity contribution in [2.75, 3.05) is 13.1 Å². The zero-order valence-corrected chi connectivity index (χ0v) is 17.2. The summed E-state index contributed by atoms with van der Waals surface area (Å²) in [6.45, 7) is 1.25. The van der Waals surface area contributed by atoms with Crippen LogP contribution in [0.25, 0.3) is 11.3 Å². The van der Waals surface area contributed by atoms with Gasteiger partial charge in [0.25, 0.3) is 5.91 Å². The summed E-state index contributed by atoms with van der Waals surface area (Å²) in [5.41, 5.74) is 4.59. The number of amides is 1. The van der Waals surface area contributed by atoms with Gasteiger partial charge in [-0.15, -0.1) is 0 Å². The molecule has 1 fully saturated rings. The molecule has 1 aromatic heterocycles. The van der Waals surface area contributed by atoms with Gasteiger partial charge in [-0.05, 0) is 42.9 Å². The molecule has 2 aromatic rings. The molecule has 0 unspecified atom stereocenters. The number of fused-ring (bicyclic) bond motifs is 1. The Balaban J connectivity index is 1.37. The second kappa shape index (κ2) is 8.38. The van der Waals surface area contributed by atoms with Gasteiger partial charge < -0.3 is 4.90 Å². The molecule has 6 heteroatoms. The minimum Gasteiger partial charge on any atom is -0.337 e. The fourth-order valence-electron chi connectivity index (χ4n) is 4.00. The standard InChI is InChI=1S/C25H23FN4O/c26-20-8-9-22-21(14-20)19(15-29-22)10-13-30(16-17-6-7-17)25(31)24-23(27-11-12-28-24)18-4-2-1-3-5-18/h1-5,8,11-12,14-15,17H,6-7,9-10,13,16H2. The average molecular weight is 414 g/mol. The van der Waals surface area contributed by atoms with Crippen LogP contribution in [0.15, 0.2) is 83.0 Å². The summed E-state index contributed by atoms with van der Waals surface area (Å²) < 4.78 is 13.8. The topological polar surface area (TPSA) is 58.5 Å². The van der Waals surface area contributed by atoms with Crippen molar-refractivity contribution in [3.05, 3.63) is 83.7 Å². The first-order chi connectivity index (χ1) is 15.2. The second-order valence-corrected chi connectivity index (χ2v) is 8.15. The first-order valence-corrected chi connectivity index (χ1v) is 10.7. The molecule has 0 atom stereocenters. The normalized spacial score (nSPS) is 17.3. The van der Waals surface area contributed by atoms with Gasteiger partial charge >= 0.3 is 0 Å². The molecule has 2 heterocycles. The predicted octanol–water partition coefficient (Wildman–Crippen LogP) is 4.91. The fourth-order valence-corrected chi connectivity index (χ4v) is 4.00. The first kappa shape index (κ1) is 19.5. The molecule has 0 N–H and O–H groups in total. The molecule has 0 radical (unpaired) electrons. The van der Waals surface area contributed by atoms with E-state index in [4.69, 9.17) is 0 Å². The van der Waals surface area contributed by atoms with Crippen LogP contribution in [-0.4, -0.2) is 39.6 Å². The van der Waals surface area contributed by atoms with Crippen molar-refractivity contribution in [2.45, 2.75) is 25.7 Å². The van der Waals surface area contributed by atoms with E-state index in [0.717, 1.165) is 35.3 Å². The third kappa shape index (κ3) is 4.24. The number of allylic oxidation sites excluding steroid dienone is 4. The van der Waals surface area contributed by atoms with Crippen LogP contribution in [0.4, 0.5) is 4.39 Å².